The Hall–Kier alpha value is -3.13. The van der Waals surface area contributed by atoms with E-state index in [-0.39, 0.29) is 10.7 Å². The molecule has 1 heterocycles. The summed E-state index contributed by atoms with van der Waals surface area (Å²) in [6.45, 7) is 0. The minimum atomic E-state index is -3.97. The van der Waals surface area contributed by atoms with E-state index in [0.717, 1.165) is 0 Å². The van der Waals surface area contributed by atoms with Gasteiger partial charge in [-0.2, -0.15) is 0 Å². The standard InChI is InChI=1S/C17H15NO6S/c1-23-12-9-7-11(8-10-12)16-14(19)15(20)17(24-16)18-25(21,22)13-5-3-2-4-6-13/h2-10,18-20H,1H3. The molecule has 0 unspecified atom stereocenters. The molecular formula is C17H15NO6S. The second-order valence-corrected chi connectivity index (χ2v) is 6.79. The zero-order valence-corrected chi connectivity index (χ0v) is 13.9. The highest BCUT2D eigenvalue weighted by Gasteiger charge is 2.25. The fourth-order valence-corrected chi connectivity index (χ4v) is 3.22. The van der Waals surface area contributed by atoms with E-state index in [0.29, 0.717) is 11.3 Å². The molecule has 0 aliphatic carbocycles. The minimum Gasteiger partial charge on any atom is -0.502 e. The summed E-state index contributed by atoms with van der Waals surface area (Å²) in [6, 6.07) is 14.1. The Morgan fingerprint density at radius 1 is 0.960 bits per heavy atom. The van der Waals surface area contributed by atoms with Crippen LogP contribution < -0.4 is 9.46 Å². The number of nitrogens with one attached hydrogen (secondary N) is 1. The number of hydrogen-bond acceptors (Lipinski definition) is 6. The SMILES string of the molecule is COc1ccc(-c2oc(NS(=O)(=O)c3ccccc3)c(O)c2O)cc1. The van der Waals surface area contributed by atoms with Gasteiger partial charge >= 0.3 is 0 Å². The normalized spacial score (nSPS) is 11.2. The van der Waals surface area contributed by atoms with Crippen molar-refractivity contribution in [1.82, 2.24) is 0 Å². The molecular weight excluding hydrogens is 346 g/mol. The van der Waals surface area contributed by atoms with Crippen LogP contribution in [0, 0.1) is 0 Å². The number of aromatic hydroxyl groups is 2. The van der Waals surface area contributed by atoms with Gasteiger partial charge in [-0.1, -0.05) is 18.2 Å². The van der Waals surface area contributed by atoms with Gasteiger partial charge in [-0.25, -0.2) is 13.1 Å². The molecule has 0 saturated heterocycles. The number of benzene rings is 2. The third-order valence-electron chi connectivity index (χ3n) is 3.49. The molecule has 3 N–H and O–H groups in total. The van der Waals surface area contributed by atoms with Gasteiger partial charge in [0, 0.05) is 5.56 Å². The highest BCUT2D eigenvalue weighted by Crippen LogP contribution is 2.45. The van der Waals surface area contributed by atoms with Crippen LogP contribution in [0.2, 0.25) is 0 Å². The first-order valence-corrected chi connectivity index (χ1v) is 8.67. The maximum atomic E-state index is 12.3. The molecule has 0 fully saturated rings. The van der Waals surface area contributed by atoms with Gasteiger partial charge in [-0.3, -0.25) is 0 Å². The van der Waals surface area contributed by atoms with Crippen LogP contribution >= 0.6 is 0 Å². The lowest BCUT2D eigenvalue weighted by Crippen LogP contribution is -2.12. The van der Waals surface area contributed by atoms with Crippen molar-refractivity contribution in [1.29, 1.82) is 0 Å². The van der Waals surface area contributed by atoms with E-state index < -0.39 is 27.4 Å². The van der Waals surface area contributed by atoms with Crippen molar-refractivity contribution in [3.63, 3.8) is 0 Å². The van der Waals surface area contributed by atoms with Crippen LogP contribution in [0.3, 0.4) is 0 Å². The van der Waals surface area contributed by atoms with Crippen molar-refractivity contribution in [2.75, 3.05) is 11.8 Å². The van der Waals surface area contributed by atoms with E-state index in [1.54, 1.807) is 42.5 Å². The van der Waals surface area contributed by atoms with Crippen LogP contribution in [-0.2, 0) is 10.0 Å². The topological polar surface area (TPSA) is 109 Å². The van der Waals surface area contributed by atoms with Crippen LogP contribution in [0.5, 0.6) is 17.2 Å². The molecule has 3 aromatic rings. The average molecular weight is 361 g/mol. The second kappa shape index (κ2) is 6.40. The predicted octanol–water partition coefficient (Wildman–Crippen LogP) is 3.17. The van der Waals surface area contributed by atoms with Crippen molar-refractivity contribution < 1.29 is 27.8 Å². The molecule has 0 aliphatic heterocycles. The highest BCUT2D eigenvalue weighted by molar-refractivity contribution is 7.92. The van der Waals surface area contributed by atoms with Crippen molar-refractivity contribution in [2.45, 2.75) is 4.90 Å². The van der Waals surface area contributed by atoms with Gasteiger partial charge in [0.25, 0.3) is 15.9 Å². The van der Waals surface area contributed by atoms with Crippen LogP contribution in [0.15, 0.2) is 63.9 Å². The van der Waals surface area contributed by atoms with E-state index in [4.69, 9.17) is 9.15 Å². The fourth-order valence-electron chi connectivity index (χ4n) is 2.20. The van der Waals surface area contributed by atoms with Crippen molar-refractivity contribution in [2.24, 2.45) is 0 Å². The summed E-state index contributed by atoms with van der Waals surface area (Å²) in [4.78, 5) is -0.00344. The number of ether oxygens (including phenoxy) is 1. The van der Waals surface area contributed by atoms with Crippen LogP contribution in [-0.4, -0.2) is 25.7 Å². The number of anilines is 1. The Kier molecular flexibility index (Phi) is 4.28. The first-order chi connectivity index (χ1) is 11.9. The summed E-state index contributed by atoms with van der Waals surface area (Å²) in [7, 11) is -2.45. The van der Waals surface area contributed by atoms with Gasteiger partial charge < -0.3 is 19.4 Å². The smallest absolute Gasteiger partial charge is 0.264 e. The number of furan rings is 1. The molecule has 0 bridgehead atoms. The van der Waals surface area contributed by atoms with Gasteiger partial charge in [-0.05, 0) is 36.4 Å². The van der Waals surface area contributed by atoms with Crippen LogP contribution in [0.25, 0.3) is 11.3 Å². The van der Waals surface area contributed by atoms with Crippen molar-refractivity contribution >= 4 is 15.9 Å². The van der Waals surface area contributed by atoms with E-state index in [1.165, 1.54) is 19.2 Å². The molecule has 7 nitrogen and oxygen atoms in total. The monoisotopic (exact) mass is 361 g/mol. The van der Waals surface area contributed by atoms with E-state index in [9.17, 15) is 18.6 Å². The van der Waals surface area contributed by atoms with Crippen molar-refractivity contribution in [3.8, 4) is 28.6 Å². The molecule has 0 amide bonds. The summed E-state index contributed by atoms with van der Waals surface area (Å²) in [6.07, 6.45) is 0. The lowest BCUT2D eigenvalue weighted by Gasteiger charge is -2.05. The molecule has 0 spiro atoms. The molecule has 8 heteroatoms. The largest absolute Gasteiger partial charge is 0.502 e. The second-order valence-electron chi connectivity index (χ2n) is 5.10. The van der Waals surface area contributed by atoms with Crippen LogP contribution in [0.4, 0.5) is 5.88 Å². The Morgan fingerprint density at radius 2 is 1.60 bits per heavy atom. The van der Waals surface area contributed by atoms with Crippen molar-refractivity contribution in [3.05, 3.63) is 54.6 Å². The zero-order chi connectivity index (χ0) is 18.0. The lowest BCUT2D eigenvalue weighted by molar-refractivity contribution is 0.410. The maximum absolute atomic E-state index is 12.3. The van der Waals surface area contributed by atoms with E-state index in [1.807, 2.05) is 0 Å². The van der Waals surface area contributed by atoms with E-state index >= 15 is 0 Å². The Labute approximate surface area is 144 Å². The Balaban J connectivity index is 1.96. The molecule has 3 rings (SSSR count). The van der Waals surface area contributed by atoms with Gasteiger partial charge in [-0.15, -0.1) is 0 Å². The quantitative estimate of drug-likeness (QED) is 0.644. The molecule has 0 radical (unpaired) electrons. The fraction of sp³-hybridized carbons (Fsp3) is 0.0588. The molecule has 25 heavy (non-hydrogen) atoms. The highest BCUT2D eigenvalue weighted by atomic mass is 32.2. The van der Waals surface area contributed by atoms with Crippen LogP contribution in [0.1, 0.15) is 0 Å². The summed E-state index contributed by atoms with van der Waals surface area (Å²) in [5, 5.41) is 20.1. The average Bonchev–Trinajstić information content (AvgIpc) is 2.90. The van der Waals surface area contributed by atoms with Gasteiger partial charge in [0.05, 0.1) is 12.0 Å². The van der Waals surface area contributed by atoms with Gasteiger partial charge in [0.2, 0.25) is 11.5 Å². The number of sulfonamides is 1. The first-order valence-electron chi connectivity index (χ1n) is 7.19. The van der Waals surface area contributed by atoms with Gasteiger partial charge in [0.15, 0.2) is 5.76 Å². The molecule has 0 saturated carbocycles. The Morgan fingerprint density at radius 3 is 2.20 bits per heavy atom. The molecule has 0 aliphatic rings. The third-order valence-corrected chi connectivity index (χ3v) is 4.84. The van der Waals surface area contributed by atoms with E-state index in [2.05, 4.69) is 4.72 Å². The summed E-state index contributed by atoms with van der Waals surface area (Å²) in [5.74, 6) is -1.18. The minimum absolute atomic E-state index is 0.00344. The van der Waals surface area contributed by atoms with Gasteiger partial charge in [0.1, 0.15) is 5.75 Å². The molecule has 2 aromatic carbocycles. The zero-order valence-electron chi connectivity index (χ0n) is 13.1. The Bertz CT molecular complexity index is 978. The molecule has 1 aromatic heterocycles. The first kappa shape index (κ1) is 16.7. The maximum Gasteiger partial charge on any atom is 0.264 e. The number of rotatable bonds is 5. The molecule has 0 atom stereocenters. The third kappa shape index (κ3) is 3.24. The summed E-state index contributed by atoms with van der Waals surface area (Å²) < 4.78 is 37.1. The number of methoxy groups -OCH3 is 1. The summed E-state index contributed by atoms with van der Waals surface area (Å²) >= 11 is 0. The number of hydrogen-bond donors (Lipinski definition) is 3. The summed E-state index contributed by atoms with van der Waals surface area (Å²) in [5.41, 5.74) is 0.443. The lowest BCUT2D eigenvalue weighted by atomic mass is 10.1. The predicted molar refractivity (Wildman–Crippen MR) is 91.3 cm³/mol. The molecule has 130 valence electrons.